The Balaban J connectivity index is 1.82. The standard InChI is InChI=1S/C20H19ClN4O2S/c1-13(19(26)23-16-6-4-3-5-14(16)12-22)28-20-24-17-11-15(21)7-8-18(17)25(20)9-10-27-2/h3-8,11,13H,9-10H2,1-2H3,(H,23,26)/t13-/m1/s1. The van der Waals surface area contributed by atoms with Gasteiger partial charge in [0.1, 0.15) is 6.07 Å². The molecule has 6 nitrogen and oxygen atoms in total. The van der Waals surface area contributed by atoms with E-state index < -0.39 is 5.25 Å². The van der Waals surface area contributed by atoms with E-state index in [-0.39, 0.29) is 5.91 Å². The molecule has 0 saturated carbocycles. The lowest BCUT2D eigenvalue weighted by molar-refractivity contribution is -0.115. The van der Waals surface area contributed by atoms with Crippen LogP contribution in [0, 0.1) is 11.3 Å². The van der Waals surface area contributed by atoms with E-state index in [1.165, 1.54) is 11.8 Å². The number of imidazole rings is 1. The fourth-order valence-corrected chi connectivity index (χ4v) is 3.82. The number of nitrogens with zero attached hydrogens (tertiary/aromatic N) is 3. The Hall–Kier alpha value is -2.53. The minimum Gasteiger partial charge on any atom is -0.383 e. The van der Waals surface area contributed by atoms with Crippen LogP contribution in [0.4, 0.5) is 5.69 Å². The highest BCUT2D eigenvalue weighted by atomic mass is 35.5. The van der Waals surface area contributed by atoms with Gasteiger partial charge in [-0.1, -0.05) is 35.5 Å². The first-order valence-corrected chi connectivity index (χ1v) is 9.90. The molecule has 8 heteroatoms. The fraction of sp³-hybridized carbons (Fsp3) is 0.250. The molecule has 1 heterocycles. The largest absolute Gasteiger partial charge is 0.383 e. The number of hydrogen-bond donors (Lipinski definition) is 1. The van der Waals surface area contributed by atoms with Crippen LogP contribution in [0.3, 0.4) is 0 Å². The Labute approximate surface area is 172 Å². The predicted molar refractivity (Wildman–Crippen MR) is 112 cm³/mol. The van der Waals surface area contributed by atoms with Gasteiger partial charge in [-0.05, 0) is 37.3 Å². The first kappa shape index (κ1) is 20.2. The maximum Gasteiger partial charge on any atom is 0.237 e. The van der Waals surface area contributed by atoms with Crippen LogP contribution < -0.4 is 5.32 Å². The topological polar surface area (TPSA) is 79.9 Å². The Bertz CT molecular complexity index is 1040. The molecule has 0 spiro atoms. The summed E-state index contributed by atoms with van der Waals surface area (Å²) in [6, 6.07) is 14.5. The number of aromatic nitrogens is 2. The van der Waals surface area contributed by atoms with Gasteiger partial charge in [0.05, 0.1) is 34.1 Å². The van der Waals surface area contributed by atoms with Crippen molar-refractivity contribution < 1.29 is 9.53 Å². The Morgan fingerprint density at radius 3 is 2.93 bits per heavy atom. The van der Waals surface area contributed by atoms with Crippen molar-refractivity contribution in [1.29, 1.82) is 5.26 Å². The van der Waals surface area contributed by atoms with Crippen molar-refractivity contribution in [3.8, 4) is 6.07 Å². The van der Waals surface area contributed by atoms with E-state index in [1.807, 2.05) is 23.6 Å². The van der Waals surface area contributed by atoms with Crippen LogP contribution in [0.15, 0.2) is 47.6 Å². The minimum absolute atomic E-state index is 0.198. The van der Waals surface area contributed by atoms with Crippen LogP contribution in [-0.4, -0.2) is 34.4 Å². The van der Waals surface area contributed by atoms with Gasteiger partial charge in [-0.3, -0.25) is 4.79 Å². The van der Waals surface area contributed by atoms with E-state index >= 15 is 0 Å². The second-order valence-corrected chi connectivity index (χ2v) is 7.82. The van der Waals surface area contributed by atoms with E-state index in [1.54, 1.807) is 37.4 Å². The number of benzene rings is 2. The molecule has 1 atom stereocenters. The summed E-state index contributed by atoms with van der Waals surface area (Å²) in [5.74, 6) is -0.198. The average molecular weight is 415 g/mol. The lowest BCUT2D eigenvalue weighted by Gasteiger charge is -2.14. The molecule has 1 N–H and O–H groups in total. The lowest BCUT2D eigenvalue weighted by atomic mass is 10.2. The van der Waals surface area contributed by atoms with E-state index in [4.69, 9.17) is 16.3 Å². The van der Waals surface area contributed by atoms with Crippen LogP contribution in [0.1, 0.15) is 12.5 Å². The molecule has 0 fully saturated rings. The molecule has 0 aliphatic rings. The zero-order chi connectivity index (χ0) is 20.1. The van der Waals surface area contributed by atoms with Gasteiger partial charge < -0.3 is 14.6 Å². The molecule has 1 amide bonds. The lowest BCUT2D eigenvalue weighted by Crippen LogP contribution is -2.23. The minimum atomic E-state index is -0.416. The Morgan fingerprint density at radius 1 is 1.39 bits per heavy atom. The summed E-state index contributed by atoms with van der Waals surface area (Å²) in [6.07, 6.45) is 0. The molecule has 0 aliphatic carbocycles. The fourth-order valence-electron chi connectivity index (χ4n) is 2.71. The van der Waals surface area contributed by atoms with Crippen molar-refractivity contribution in [2.24, 2.45) is 0 Å². The molecule has 0 unspecified atom stereocenters. The van der Waals surface area contributed by atoms with E-state index in [9.17, 15) is 10.1 Å². The van der Waals surface area contributed by atoms with Gasteiger partial charge in [-0.25, -0.2) is 4.98 Å². The summed E-state index contributed by atoms with van der Waals surface area (Å²) in [7, 11) is 1.64. The summed E-state index contributed by atoms with van der Waals surface area (Å²) in [5.41, 5.74) is 2.64. The van der Waals surface area contributed by atoms with Crippen LogP contribution in [0.25, 0.3) is 11.0 Å². The summed E-state index contributed by atoms with van der Waals surface area (Å²) in [4.78, 5) is 17.3. The van der Waals surface area contributed by atoms with Crippen molar-refractivity contribution in [3.05, 3.63) is 53.1 Å². The number of thioether (sulfide) groups is 1. The number of carbonyl (C=O) groups excluding carboxylic acids is 1. The number of methoxy groups -OCH3 is 1. The number of anilines is 1. The summed E-state index contributed by atoms with van der Waals surface area (Å²) in [6.45, 7) is 2.95. The van der Waals surface area contributed by atoms with Gasteiger partial charge in [0.15, 0.2) is 5.16 Å². The van der Waals surface area contributed by atoms with Crippen LogP contribution in [0.2, 0.25) is 5.02 Å². The molecule has 3 rings (SSSR count). The molecule has 0 radical (unpaired) electrons. The van der Waals surface area contributed by atoms with E-state index in [0.29, 0.717) is 34.6 Å². The highest BCUT2D eigenvalue weighted by Crippen LogP contribution is 2.29. The van der Waals surface area contributed by atoms with Crippen molar-refractivity contribution in [2.45, 2.75) is 23.9 Å². The van der Waals surface area contributed by atoms with Gasteiger partial charge in [-0.2, -0.15) is 5.26 Å². The highest BCUT2D eigenvalue weighted by Gasteiger charge is 2.20. The normalized spacial score (nSPS) is 11.9. The number of nitrogens with one attached hydrogen (secondary N) is 1. The number of halogens is 1. The maximum atomic E-state index is 12.7. The predicted octanol–water partition coefficient (Wildman–Crippen LogP) is 4.33. The molecule has 3 aromatic rings. The molecule has 0 aliphatic heterocycles. The third-order valence-corrected chi connectivity index (χ3v) is 5.48. The summed E-state index contributed by atoms with van der Waals surface area (Å²) < 4.78 is 7.23. The van der Waals surface area contributed by atoms with E-state index in [2.05, 4.69) is 16.4 Å². The SMILES string of the molecule is COCCn1c(S[C@H](C)C(=O)Nc2ccccc2C#N)nc2cc(Cl)ccc21. The van der Waals surface area contributed by atoms with Gasteiger partial charge in [-0.15, -0.1) is 0 Å². The van der Waals surface area contributed by atoms with Crippen LogP contribution >= 0.6 is 23.4 Å². The van der Waals surface area contributed by atoms with Crippen molar-refractivity contribution in [2.75, 3.05) is 19.0 Å². The monoisotopic (exact) mass is 414 g/mol. The Morgan fingerprint density at radius 2 is 2.18 bits per heavy atom. The molecule has 0 saturated heterocycles. The molecular weight excluding hydrogens is 396 g/mol. The van der Waals surface area contributed by atoms with Crippen molar-refractivity contribution >= 4 is 46.0 Å². The van der Waals surface area contributed by atoms with E-state index in [0.717, 1.165) is 11.0 Å². The molecular formula is C20H19ClN4O2S. The third-order valence-electron chi connectivity index (χ3n) is 4.15. The summed E-state index contributed by atoms with van der Waals surface area (Å²) in [5, 5.41) is 12.9. The van der Waals surface area contributed by atoms with Crippen LogP contribution in [0.5, 0.6) is 0 Å². The zero-order valence-corrected chi connectivity index (χ0v) is 17.0. The molecule has 1 aromatic heterocycles. The number of rotatable bonds is 7. The third kappa shape index (κ3) is 4.47. The first-order chi connectivity index (χ1) is 13.5. The van der Waals surface area contributed by atoms with Gasteiger partial charge in [0.2, 0.25) is 5.91 Å². The quantitative estimate of drug-likeness (QED) is 0.582. The number of amides is 1. The zero-order valence-electron chi connectivity index (χ0n) is 15.5. The van der Waals surface area contributed by atoms with Gasteiger partial charge >= 0.3 is 0 Å². The number of ether oxygens (including phenoxy) is 1. The number of hydrogen-bond acceptors (Lipinski definition) is 5. The average Bonchev–Trinajstić information content (AvgIpc) is 3.02. The second kappa shape index (κ2) is 9.11. The number of nitriles is 1. The molecule has 144 valence electrons. The second-order valence-electron chi connectivity index (χ2n) is 6.08. The number of carbonyl (C=O) groups is 1. The van der Waals surface area contributed by atoms with Gasteiger partial charge in [0.25, 0.3) is 0 Å². The first-order valence-electron chi connectivity index (χ1n) is 8.65. The molecule has 2 aromatic carbocycles. The smallest absolute Gasteiger partial charge is 0.237 e. The number of para-hydroxylation sites is 1. The van der Waals surface area contributed by atoms with Gasteiger partial charge in [0, 0.05) is 18.7 Å². The van der Waals surface area contributed by atoms with Crippen molar-refractivity contribution in [3.63, 3.8) is 0 Å². The number of fused-ring (bicyclic) bond motifs is 1. The summed E-state index contributed by atoms with van der Waals surface area (Å²) >= 11 is 7.44. The maximum absolute atomic E-state index is 12.7. The molecule has 0 bridgehead atoms. The van der Waals surface area contributed by atoms with Crippen molar-refractivity contribution in [1.82, 2.24) is 9.55 Å². The highest BCUT2D eigenvalue weighted by molar-refractivity contribution is 8.00. The molecule has 28 heavy (non-hydrogen) atoms. The van der Waals surface area contributed by atoms with Crippen LogP contribution in [-0.2, 0) is 16.1 Å². The Kier molecular flexibility index (Phi) is 6.57.